The first kappa shape index (κ1) is 19.4. The number of carbonyl (C=O) groups excluding carboxylic acids is 1. The van der Waals surface area contributed by atoms with Crippen LogP contribution in [0.3, 0.4) is 0 Å². The highest BCUT2D eigenvalue weighted by atomic mass is 16.5. The van der Waals surface area contributed by atoms with E-state index in [1.54, 1.807) is 21.5 Å². The molecule has 4 aromatic heterocycles. The number of imidazole rings is 1. The number of nitrogens with zero attached hydrogens (tertiary/aromatic N) is 4. The second-order valence-electron chi connectivity index (χ2n) is 8.01. The molecular formula is C24H20N6O3. The molecule has 1 aromatic carbocycles. The topological polar surface area (TPSA) is 107 Å². The summed E-state index contributed by atoms with van der Waals surface area (Å²) in [6.45, 7) is 0.642. The lowest BCUT2D eigenvalue weighted by Gasteiger charge is -2.23. The van der Waals surface area contributed by atoms with Crippen molar-refractivity contribution in [2.45, 2.75) is 12.6 Å². The van der Waals surface area contributed by atoms with Gasteiger partial charge in [0.25, 0.3) is 0 Å². The third-order valence-electron chi connectivity index (χ3n) is 5.88. The largest absolute Gasteiger partial charge is 0.365 e. The van der Waals surface area contributed by atoms with Crippen LogP contribution < -0.4 is 11.0 Å². The van der Waals surface area contributed by atoms with Crippen LogP contribution in [0.4, 0.5) is 0 Å². The first-order valence-electron chi connectivity index (χ1n) is 10.7. The summed E-state index contributed by atoms with van der Waals surface area (Å²) in [5.41, 5.74) is 4.36. The molecule has 33 heavy (non-hydrogen) atoms. The molecule has 1 unspecified atom stereocenters. The Morgan fingerprint density at radius 1 is 1.03 bits per heavy atom. The van der Waals surface area contributed by atoms with Gasteiger partial charge in [0.15, 0.2) is 5.65 Å². The normalized spacial score (nSPS) is 16.4. The first-order valence-corrected chi connectivity index (χ1v) is 10.7. The number of aromatic nitrogens is 5. The summed E-state index contributed by atoms with van der Waals surface area (Å²) in [6, 6.07) is 15.4. The molecule has 9 heteroatoms. The number of fused-ring (bicyclic) bond motifs is 2. The fourth-order valence-electron chi connectivity index (χ4n) is 4.23. The van der Waals surface area contributed by atoms with Crippen LogP contribution >= 0.6 is 0 Å². The van der Waals surface area contributed by atoms with Crippen LogP contribution in [0.25, 0.3) is 39.0 Å². The molecule has 0 radical (unpaired) electrons. The molecule has 0 aliphatic carbocycles. The van der Waals surface area contributed by atoms with E-state index in [1.165, 1.54) is 0 Å². The maximum Gasteiger partial charge on any atom is 0.335 e. The molecule has 1 aliphatic heterocycles. The van der Waals surface area contributed by atoms with E-state index in [1.807, 2.05) is 54.7 Å². The molecule has 164 valence electrons. The Labute approximate surface area is 187 Å². The zero-order valence-corrected chi connectivity index (χ0v) is 17.6. The third-order valence-corrected chi connectivity index (χ3v) is 5.88. The van der Waals surface area contributed by atoms with E-state index in [-0.39, 0.29) is 24.3 Å². The summed E-state index contributed by atoms with van der Waals surface area (Å²) in [5.74, 6) is -0.151. The zero-order valence-electron chi connectivity index (χ0n) is 17.6. The molecule has 1 fully saturated rings. The summed E-state index contributed by atoms with van der Waals surface area (Å²) in [7, 11) is 0. The first-order chi connectivity index (χ1) is 16.2. The summed E-state index contributed by atoms with van der Waals surface area (Å²) in [5, 5.41) is 3.80. The van der Waals surface area contributed by atoms with Crippen molar-refractivity contribution in [3.05, 3.63) is 77.6 Å². The van der Waals surface area contributed by atoms with Crippen LogP contribution in [0.1, 0.15) is 0 Å². The smallest absolute Gasteiger partial charge is 0.335 e. The van der Waals surface area contributed by atoms with Gasteiger partial charge in [-0.05, 0) is 30.3 Å². The molecule has 0 bridgehead atoms. The molecule has 6 rings (SSSR count). The second-order valence-corrected chi connectivity index (χ2v) is 8.01. The van der Waals surface area contributed by atoms with E-state index in [2.05, 4.69) is 20.3 Å². The highest BCUT2D eigenvalue weighted by Crippen LogP contribution is 2.26. The Morgan fingerprint density at radius 3 is 2.67 bits per heavy atom. The van der Waals surface area contributed by atoms with Crippen molar-refractivity contribution in [3.63, 3.8) is 0 Å². The zero-order chi connectivity index (χ0) is 22.4. The predicted octanol–water partition coefficient (Wildman–Crippen LogP) is 2.25. The number of nitrogens with one attached hydrogen (secondary N) is 2. The quantitative estimate of drug-likeness (QED) is 0.446. The number of amides is 1. The molecule has 5 aromatic rings. The molecule has 1 atom stereocenters. The fourth-order valence-corrected chi connectivity index (χ4v) is 4.23. The fraction of sp³-hybridized carbons (Fsp3) is 0.167. The van der Waals surface area contributed by atoms with Gasteiger partial charge < -0.3 is 15.0 Å². The van der Waals surface area contributed by atoms with E-state index in [0.717, 1.165) is 27.8 Å². The molecule has 1 amide bonds. The maximum atomic E-state index is 13.5. The van der Waals surface area contributed by atoms with E-state index in [0.29, 0.717) is 24.3 Å². The SMILES string of the molecule is O=C1COC(Cn2c(=O)n(-c3ccccc3)c3ncc(-c4cnc5[nH]ccc5c4)cc32)CN1. The van der Waals surface area contributed by atoms with Gasteiger partial charge in [-0.15, -0.1) is 0 Å². The highest BCUT2D eigenvalue weighted by Gasteiger charge is 2.23. The third kappa shape index (κ3) is 3.39. The molecule has 9 nitrogen and oxygen atoms in total. The minimum Gasteiger partial charge on any atom is -0.365 e. The number of aromatic amines is 1. The van der Waals surface area contributed by atoms with Crippen LogP contribution in [0.15, 0.2) is 71.9 Å². The highest BCUT2D eigenvalue weighted by molar-refractivity contribution is 5.84. The van der Waals surface area contributed by atoms with Crippen molar-refractivity contribution in [3.8, 4) is 16.8 Å². The number of ether oxygens (including phenoxy) is 1. The van der Waals surface area contributed by atoms with Crippen molar-refractivity contribution in [1.29, 1.82) is 0 Å². The second kappa shape index (κ2) is 7.72. The lowest BCUT2D eigenvalue weighted by atomic mass is 10.1. The number of carbonyl (C=O) groups is 1. The Morgan fingerprint density at radius 2 is 1.85 bits per heavy atom. The average Bonchev–Trinajstić information content (AvgIpc) is 3.42. The number of hydrogen-bond acceptors (Lipinski definition) is 5. The van der Waals surface area contributed by atoms with Crippen LogP contribution in [0.5, 0.6) is 0 Å². The van der Waals surface area contributed by atoms with E-state index in [9.17, 15) is 9.59 Å². The lowest BCUT2D eigenvalue weighted by Crippen LogP contribution is -2.45. The Bertz CT molecular complexity index is 1540. The summed E-state index contributed by atoms with van der Waals surface area (Å²) >= 11 is 0. The Hall–Kier alpha value is -4.24. The minimum absolute atomic E-state index is 0.0113. The summed E-state index contributed by atoms with van der Waals surface area (Å²) in [4.78, 5) is 37.3. The van der Waals surface area contributed by atoms with Gasteiger partial charge in [0.05, 0.1) is 23.9 Å². The van der Waals surface area contributed by atoms with Crippen molar-refractivity contribution < 1.29 is 9.53 Å². The van der Waals surface area contributed by atoms with Gasteiger partial charge in [0.1, 0.15) is 12.3 Å². The van der Waals surface area contributed by atoms with Crippen molar-refractivity contribution in [1.82, 2.24) is 29.4 Å². The van der Waals surface area contributed by atoms with Crippen molar-refractivity contribution in [2.75, 3.05) is 13.2 Å². The standard InChI is InChI=1S/C24H20N6O3/c31-21-14-33-19(12-26-21)13-29-20-9-17(16-8-15-6-7-25-22(15)27-10-16)11-28-23(20)30(24(29)32)18-4-2-1-3-5-18/h1-11,19H,12-14H2,(H,25,27)(H,26,31). The van der Waals surface area contributed by atoms with E-state index < -0.39 is 0 Å². The monoisotopic (exact) mass is 440 g/mol. The molecule has 5 heterocycles. The Balaban J connectivity index is 1.51. The van der Waals surface area contributed by atoms with Crippen molar-refractivity contribution >= 4 is 28.1 Å². The predicted molar refractivity (Wildman–Crippen MR) is 123 cm³/mol. The van der Waals surface area contributed by atoms with E-state index >= 15 is 0 Å². The lowest BCUT2D eigenvalue weighted by molar-refractivity contribution is -0.133. The number of morpholine rings is 1. The van der Waals surface area contributed by atoms with Gasteiger partial charge in [-0.25, -0.2) is 19.3 Å². The van der Waals surface area contributed by atoms with Crippen molar-refractivity contribution in [2.24, 2.45) is 0 Å². The molecule has 1 saturated heterocycles. The van der Waals surface area contributed by atoms with Gasteiger partial charge in [0, 0.05) is 41.6 Å². The minimum atomic E-state index is -0.309. The van der Waals surface area contributed by atoms with Gasteiger partial charge in [-0.1, -0.05) is 18.2 Å². The van der Waals surface area contributed by atoms with E-state index in [4.69, 9.17) is 4.74 Å². The summed E-state index contributed by atoms with van der Waals surface area (Å²) < 4.78 is 8.93. The van der Waals surface area contributed by atoms with Gasteiger partial charge in [-0.3, -0.25) is 9.36 Å². The maximum absolute atomic E-state index is 13.5. The number of benzene rings is 1. The average molecular weight is 440 g/mol. The van der Waals surface area contributed by atoms with Gasteiger partial charge >= 0.3 is 5.69 Å². The number of rotatable bonds is 4. The summed E-state index contributed by atoms with van der Waals surface area (Å²) in [6.07, 6.45) is 5.09. The number of para-hydroxylation sites is 1. The Kier molecular flexibility index (Phi) is 4.55. The number of pyridine rings is 2. The van der Waals surface area contributed by atoms with Gasteiger partial charge in [-0.2, -0.15) is 0 Å². The van der Waals surface area contributed by atoms with Gasteiger partial charge in [0.2, 0.25) is 5.91 Å². The molecule has 0 spiro atoms. The molecule has 0 saturated carbocycles. The number of H-pyrrole nitrogens is 1. The number of hydrogen-bond donors (Lipinski definition) is 2. The molecule has 2 N–H and O–H groups in total. The molecular weight excluding hydrogens is 420 g/mol. The van der Waals surface area contributed by atoms with Crippen LogP contribution in [0, 0.1) is 0 Å². The van der Waals surface area contributed by atoms with Crippen LogP contribution in [-0.4, -0.2) is 49.2 Å². The van der Waals surface area contributed by atoms with Crippen LogP contribution in [-0.2, 0) is 16.1 Å². The van der Waals surface area contributed by atoms with Crippen LogP contribution in [0.2, 0.25) is 0 Å². The molecule has 1 aliphatic rings.